The number of fused-ring (bicyclic) bond motifs is 2. The van der Waals surface area contributed by atoms with E-state index in [0.29, 0.717) is 18.2 Å². The molecule has 1 fully saturated rings. The largest absolute Gasteiger partial charge is 0.487 e. The predicted octanol–water partition coefficient (Wildman–Crippen LogP) is 5.76. The Labute approximate surface area is 211 Å². The lowest BCUT2D eigenvalue weighted by atomic mass is 9.90. The van der Waals surface area contributed by atoms with Crippen molar-refractivity contribution in [2.75, 3.05) is 46.9 Å². The van der Waals surface area contributed by atoms with Gasteiger partial charge in [0.15, 0.2) is 11.3 Å². The number of piperidine rings is 1. The van der Waals surface area contributed by atoms with Crippen molar-refractivity contribution in [3.63, 3.8) is 0 Å². The van der Waals surface area contributed by atoms with E-state index in [4.69, 9.17) is 9.15 Å². The minimum Gasteiger partial charge on any atom is -0.487 e. The van der Waals surface area contributed by atoms with E-state index >= 15 is 0 Å². The SMILES string of the molecule is CN(C)CCCc1c(C2CCN(C[C@H](O)COc3cccc4ccoc34)CC2)sc2ccccc12. The maximum absolute atomic E-state index is 10.7. The molecule has 0 radical (unpaired) electrons. The first kappa shape index (κ1) is 24.3. The van der Waals surface area contributed by atoms with Crippen LogP contribution in [0.25, 0.3) is 21.1 Å². The summed E-state index contributed by atoms with van der Waals surface area (Å²) in [5.41, 5.74) is 2.32. The second-order valence-corrected chi connectivity index (χ2v) is 11.1. The minimum absolute atomic E-state index is 0.270. The van der Waals surface area contributed by atoms with E-state index in [1.807, 2.05) is 35.6 Å². The van der Waals surface area contributed by atoms with E-state index in [2.05, 4.69) is 48.2 Å². The van der Waals surface area contributed by atoms with Crippen LogP contribution in [-0.2, 0) is 6.42 Å². The van der Waals surface area contributed by atoms with Gasteiger partial charge >= 0.3 is 0 Å². The summed E-state index contributed by atoms with van der Waals surface area (Å²) in [5.74, 6) is 1.31. The molecular weight excluding hydrogens is 456 g/mol. The summed E-state index contributed by atoms with van der Waals surface area (Å²) in [6.07, 6.45) is 5.78. The number of aliphatic hydroxyl groups excluding tert-OH is 1. The molecule has 6 heteroatoms. The summed E-state index contributed by atoms with van der Waals surface area (Å²) in [7, 11) is 4.30. The van der Waals surface area contributed by atoms with Gasteiger partial charge in [-0.3, -0.25) is 0 Å². The lowest BCUT2D eigenvalue weighted by molar-refractivity contribution is 0.0597. The molecule has 5 nitrogen and oxygen atoms in total. The number of para-hydroxylation sites is 1. The number of rotatable bonds is 10. The van der Waals surface area contributed by atoms with E-state index in [1.54, 1.807) is 16.7 Å². The van der Waals surface area contributed by atoms with Gasteiger partial charge in [-0.05, 0) is 94.5 Å². The molecule has 0 unspecified atom stereocenters. The van der Waals surface area contributed by atoms with Crippen molar-refractivity contribution in [3.05, 3.63) is 65.2 Å². The van der Waals surface area contributed by atoms with Crippen molar-refractivity contribution >= 4 is 32.4 Å². The van der Waals surface area contributed by atoms with Gasteiger partial charge in [-0.15, -0.1) is 11.3 Å². The van der Waals surface area contributed by atoms with Gasteiger partial charge in [0.25, 0.3) is 0 Å². The quantitative estimate of drug-likeness (QED) is 0.305. The van der Waals surface area contributed by atoms with Crippen LogP contribution in [-0.4, -0.2) is 67.9 Å². The van der Waals surface area contributed by atoms with Crippen LogP contribution in [0.15, 0.2) is 59.2 Å². The average molecular weight is 493 g/mol. The fourth-order valence-corrected chi connectivity index (χ4v) is 6.69. The van der Waals surface area contributed by atoms with Gasteiger partial charge in [0, 0.05) is 21.5 Å². The fraction of sp³-hybridized carbons (Fsp3) is 0.448. The van der Waals surface area contributed by atoms with Crippen molar-refractivity contribution in [2.45, 2.75) is 37.7 Å². The molecule has 0 aliphatic carbocycles. The van der Waals surface area contributed by atoms with Crippen LogP contribution in [0.2, 0.25) is 0 Å². The van der Waals surface area contributed by atoms with E-state index < -0.39 is 6.10 Å². The van der Waals surface area contributed by atoms with E-state index in [0.717, 1.165) is 49.9 Å². The number of furan rings is 1. The Kier molecular flexibility index (Phi) is 7.73. The molecule has 4 aromatic rings. The highest BCUT2D eigenvalue weighted by Crippen LogP contribution is 2.41. The zero-order valence-electron chi connectivity index (χ0n) is 20.8. The molecule has 35 heavy (non-hydrogen) atoms. The number of aryl methyl sites for hydroxylation is 1. The van der Waals surface area contributed by atoms with Gasteiger partial charge < -0.3 is 24.1 Å². The number of hydrogen-bond acceptors (Lipinski definition) is 6. The van der Waals surface area contributed by atoms with Crippen LogP contribution < -0.4 is 4.74 Å². The summed E-state index contributed by atoms with van der Waals surface area (Å²) in [5, 5.41) is 13.1. The van der Waals surface area contributed by atoms with Gasteiger partial charge in [0.05, 0.1) is 6.26 Å². The molecule has 1 aliphatic heterocycles. The molecule has 1 N–H and O–H groups in total. The highest BCUT2D eigenvalue weighted by Gasteiger charge is 2.26. The molecule has 1 saturated heterocycles. The van der Waals surface area contributed by atoms with Crippen LogP contribution >= 0.6 is 11.3 Å². The second-order valence-electron chi connectivity index (χ2n) is 9.98. The first-order valence-electron chi connectivity index (χ1n) is 12.7. The Hall–Kier alpha value is -2.38. The molecule has 2 aromatic heterocycles. The van der Waals surface area contributed by atoms with Crippen molar-refractivity contribution in [2.24, 2.45) is 0 Å². The molecule has 0 saturated carbocycles. The maximum Gasteiger partial charge on any atom is 0.175 e. The van der Waals surface area contributed by atoms with E-state index in [1.165, 1.54) is 16.5 Å². The molecule has 186 valence electrons. The Balaban J connectivity index is 1.17. The number of likely N-dealkylation sites (tertiary alicyclic amines) is 1. The third-order valence-corrected chi connectivity index (χ3v) is 8.44. The highest BCUT2D eigenvalue weighted by atomic mass is 32.1. The fourth-order valence-electron chi connectivity index (χ4n) is 5.27. The molecule has 0 spiro atoms. The number of hydrogen-bond donors (Lipinski definition) is 1. The molecule has 1 aliphatic rings. The normalized spacial score (nSPS) is 16.5. The van der Waals surface area contributed by atoms with Crippen LogP contribution in [0.4, 0.5) is 0 Å². The Bertz CT molecular complexity index is 1240. The predicted molar refractivity (Wildman–Crippen MR) is 145 cm³/mol. The van der Waals surface area contributed by atoms with Crippen molar-refractivity contribution in [3.8, 4) is 5.75 Å². The molecule has 5 rings (SSSR count). The first-order chi connectivity index (χ1) is 17.1. The molecular formula is C29H36N2O3S. The van der Waals surface area contributed by atoms with Gasteiger partial charge in [0.2, 0.25) is 0 Å². The summed E-state index contributed by atoms with van der Waals surface area (Å²) in [6, 6.07) is 16.7. The van der Waals surface area contributed by atoms with Crippen LogP contribution in [0.3, 0.4) is 0 Å². The zero-order valence-corrected chi connectivity index (χ0v) is 21.6. The van der Waals surface area contributed by atoms with Gasteiger partial charge in [-0.1, -0.05) is 30.3 Å². The van der Waals surface area contributed by atoms with Gasteiger partial charge in [-0.25, -0.2) is 0 Å². The lowest BCUT2D eigenvalue weighted by Gasteiger charge is -2.33. The Morgan fingerprint density at radius 2 is 1.94 bits per heavy atom. The molecule has 0 bridgehead atoms. The Morgan fingerprint density at radius 1 is 1.11 bits per heavy atom. The summed E-state index contributed by atoms with van der Waals surface area (Å²) < 4.78 is 12.9. The first-order valence-corrected chi connectivity index (χ1v) is 13.5. The van der Waals surface area contributed by atoms with Crippen molar-refractivity contribution in [1.82, 2.24) is 9.80 Å². The molecule has 2 aromatic carbocycles. The topological polar surface area (TPSA) is 49.1 Å². The van der Waals surface area contributed by atoms with Crippen molar-refractivity contribution < 1.29 is 14.3 Å². The number of ether oxygens (including phenoxy) is 1. The van der Waals surface area contributed by atoms with E-state index in [9.17, 15) is 5.11 Å². The number of β-amino-alcohol motifs (C(OH)–C–C–N with tert-alkyl or cyclic N) is 1. The number of thiophene rings is 1. The zero-order chi connectivity index (χ0) is 24.2. The summed E-state index contributed by atoms with van der Waals surface area (Å²) >= 11 is 2.00. The highest BCUT2D eigenvalue weighted by molar-refractivity contribution is 7.19. The number of aliphatic hydroxyl groups is 1. The number of nitrogens with zero attached hydrogens (tertiary/aromatic N) is 2. The lowest BCUT2D eigenvalue weighted by Crippen LogP contribution is -2.40. The third-order valence-electron chi connectivity index (χ3n) is 7.06. The maximum atomic E-state index is 10.7. The van der Waals surface area contributed by atoms with Crippen LogP contribution in [0, 0.1) is 0 Å². The van der Waals surface area contributed by atoms with Crippen LogP contribution in [0.5, 0.6) is 5.75 Å². The third kappa shape index (κ3) is 5.72. The summed E-state index contributed by atoms with van der Waals surface area (Å²) in [4.78, 5) is 6.26. The molecule has 1 atom stereocenters. The standard InChI is InChI=1S/C29H36N2O3S/c1-30(2)15-6-9-25-24-8-3-4-11-27(24)35-29(25)22-12-16-31(17-13-22)19-23(32)20-34-26-10-5-7-21-14-18-33-28(21)26/h3-5,7-8,10-11,14,18,22-23,32H,6,9,12-13,15-17,19-20H2,1-2H3/t23-/m0/s1. The summed E-state index contributed by atoms with van der Waals surface area (Å²) in [6.45, 7) is 4.06. The van der Waals surface area contributed by atoms with Gasteiger partial charge in [-0.2, -0.15) is 0 Å². The molecule has 0 amide bonds. The van der Waals surface area contributed by atoms with Crippen LogP contribution in [0.1, 0.15) is 35.6 Å². The van der Waals surface area contributed by atoms with E-state index in [-0.39, 0.29) is 6.61 Å². The van der Waals surface area contributed by atoms with Crippen molar-refractivity contribution in [1.29, 1.82) is 0 Å². The average Bonchev–Trinajstić information content (AvgIpc) is 3.48. The monoisotopic (exact) mass is 492 g/mol. The second kappa shape index (κ2) is 11.1. The smallest absolute Gasteiger partial charge is 0.175 e. The Morgan fingerprint density at radius 3 is 2.77 bits per heavy atom. The minimum atomic E-state index is -0.525. The number of benzene rings is 2. The molecule has 3 heterocycles. The van der Waals surface area contributed by atoms with Gasteiger partial charge in [0.1, 0.15) is 12.7 Å².